The fourth-order valence-corrected chi connectivity index (χ4v) is 2.90. The third kappa shape index (κ3) is 4.47. The van der Waals surface area contributed by atoms with Crippen LogP contribution in [-0.2, 0) is 19.5 Å². The lowest BCUT2D eigenvalue weighted by Crippen LogP contribution is -2.20. The highest BCUT2D eigenvalue weighted by Crippen LogP contribution is 2.17. The molecular formula is C16H24N2OS. The van der Waals surface area contributed by atoms with E-state index in [1.165, 1.54) is 10.4 Å². The van der Waals surface area contributed by atoms with E-state index >= 15 is 0 Å². The fourth-order valence-electron chi connectivity index (χ4n) is 2.21. The van der Waals surface area contributed by atoms with Crippen LogP contribution in [0.5, 0.6) is 0 Å². The van der Waals surface area contributed by atoms with Crippen LogP contribution in [0.4, 0.5) is 0 Å². The van der Waals surface area contributed by atoms with E-state index in [1.807, 2.05) is 11.3 Å². The summed E-state index contributed by atoms with van der Waals surface area (Å²) in [7, 11) is 2.17. The van der Waals surface area contributed by atoms with Gasteiger partial charge in [-0.2, -0.15) is 0 Å². The summed E-state index contributed by atoms with van der Waals surface area (Å²) < 4.78 is 5.78. The molecule has 0 unspecified atom stereocenters. The highest BCUT2D eigenvalue weighted by molar-refractivity contribution is 7.09. The van der Waals surface area contributed by atoms with Gasteiger partial charge < -0.3 is 14.6 Å². The van der Waals surface area contributed by atoms with Crippen LogP contribution in [0.2, 0.25) is 0 Å². The van der Waals surface area contributed by atoms with Crippen molar-refractivity contribution < 1.29 is 4.42 Å². The Hall–Kier alpha value is -1.10. The number of likely N-dealkylation sites (N-methyl/N-ethyl adjacent to an activating group) is 1. The van der Waals surface area contributed by atoms with E-state index < -0.39 is 0 Å². The molecule has 0 spiro atoms. The summed E-state index contributed by atoms with van der Waals surface area (Å²) in [5.74, 6) is 2.08. The Balaban J connectivity index is 1.83. The third-order valence-electron chi connectivity index (χ3n) is 3.38. The molecule has 0 fully saturated rings. The van der Waals surface area contributed by atoms with E-state index in [-0.39, 0.29) is 0 Å². The average molecular weight is 292 g/mol. The molecule has 1 N–H and O–H groups in total. The predicted octanol–water partition coefficient (Wildman–Crippen LogP) is 3.43. The highest BCUT2D eigenvalue weighted by atomic mass is 32.1. The second kappa shape index (κ2) is 7.62. The molecule has 2 heterocycles. The summed E-state index contributed by atoms with van der Waals surface area (Å²) in [6.45, 7) is 7.97. The first-order chi connectivity index (χ1) is 9.69. The van der Waals surface area contributed by atoms with Crippen LogP contribution in [-0.4, -0.2) is 25.0 Å². The highest BCUT2D eigenvalue weighted by Gasteiger charge is 2.09. The maximum Gasteiger partial charge on any atom is 0.118 e. The Morgan fingerprint density at radius 2 is 2.25 bits per heavy atom. The monoisotopic (exact) mass is 292 g/mol. The molecule has 2 rings (SSSR count). The zero-order valence-electron chi connectivity index (χ0n) is 12.6. The normalized spacial score (nSPS) is 11.4. The van der Waals surface area contributed by atoms with Crippen LogP contribution in [0, 0.1) is 6.92 Å². The van der Waals surface area contributed by atoms with E-state index in [0.29, 0.717) is 0 Å². The van der Waals surface area contributed by atoms with Gasteiger partial charge in [0.2, 0.25) is 0 Å². The van der Waals surface area contributed by atoms with Gasteiger partial charge in [-0.25, -0.2) is 0 Å². The van der Waals surface area contributed by atoms with Crippen LogP contribution in [0.25, 0.3) is 0 Å². The molecule has 0 amide bonds. The largest absolute Gasteiger partial charge is 0.465 e. The molecule has 2 aromatic rings. The van der Waals surface area contributed by atoms with Crippen LogP contribution in [0.1, 0.15) is 28.9 Å². The Morgan fingerprint density at radius 1 is 1.40 bits per heavy atom. The van der Waals surface area contributed by atoms with Gasteiger partial charge >= 0.3 is 0 Å². The van der Waals surface area contributed by atoms with Crippen LogP contribution in [0.15, 0.2) is 28.0 Å². The summed E-state index contributed by atoms with van der Waals surface area (Å²) in [4.78, 5) is 3.81. The fraction of sp³-hybridized carbons (Fsp3) is 0.500. The first kappa shape index (κ1) is 15.3. The molecule has 0 radical (unpaired) electrons. The summed E-state index contributed by atoms with van der Waals surface area (Å²) in [5, 5.41) is 5.44. The molecule has 0 aliphatic carbocycles. The van der Waals surface area contributed by atoms with Crippen molar-refractivity contribution in [3.63, 3.8) is 0 Å². The predicted molar refractivity (Wildman–Crippen MR) is 85.2 cm³/mol. The van der Waals surface area contributed by atoms with Crippen molar-refractivity contribution >= 4 is 11.3 Å². The van der Waals surface area contributed by atoms with E-state index in [1.54, 1.807) is 0 Å². The quantitative estimate of drug-likeness (QED) is 0.808. The lowest BCUT2D eigenvalue weighted by Gasteiger charge is -2.15. The van der Waals surface area contributed by atoms with Gasteiger partial charge in [-0.1, -0.05) is 13.0 Å². The van der Waals surface area contributed by atoms with Crippen LogP contribution < -0.4 is 5.32 Å². The topological polar surface area (TPSA) is 28.4 Å². The number of nitrogens with one attached hydrogen (secondary N) is 1. The van der Waals surface area contributed by atoms with Crippen molar-refractivity contribution in [2.75, 3.05) is 20.1 Å². The van der Waals surface area contributed by atoms with Gasteiger partial charge in [-0.15, -0.1) is 11.3 Å². The van der Waals surface area contributed by atoms with Gasteiger partial charge in [0.15, 0.2) is 0 Å². The molecule has 0 aliphatic heterocycles. The second-order valence-corrected chi connectivity index (χ2v) is 6.17. The Kier molecular flexibility index (Phi) is 5.83. The number of aryl methyl sites for hydroxylation is 1. The minimum absolute atomic E-state index is 0.816. The summed E-state index contributed by atoms with van der Waals surface area (Å²) >= 11 is 1.83. The number of thiophene rings is 1. The van der Waals surface area contributed by atoms with E-state index in [9.17, 15) is 0 Å². The SMILES string of the molecule is CCNCc1cc(CN(C)CCc2cccs2)c(C)o1. The first-order valence-electron chi connectivity index (χ1n) is 7.19. The van der Waals surface area contributed by atoms with Crippen molar-refractivity contribution in [2.45, 2.75) is 33.4 Å². The standard InChI is InChI=1S/C16H24N2OS/c1-4-17-11-15-10-14(13(2)19-15)12-18(3)8-7-16-6-5-9-20-16/h5-6,9-10,17H,4,7-8,11-12H2,1-3H3. The van der Waals surface area contributed by atoms with Gasteiger partial charge in [-0.3, -0.25) is 0 Å². The molecule has 0 bridgehead atoms. The van der Waals surface area contributed by atoms with Crippen LogP contribution in [0.3, 0.4) is 0 Å². The molecule has 0 aromatic carbocycles. The maximum absolute atomic E-state index is 5.78. The maximum atomic E-state index is 5.78. The Bertz CT molecular complexity index is 505. The summed E-state index contributed by atoms with van der Waals surface area (Å²) in [5.41, 5.74) is 1.30. The minimum atomic E-state index is 0.816. The van der Waals surface area contributed by atoms with Crippen LogP contribution >= 0.6 is 11.3 Å². The van der Waals surface area contributed by atoms with Crippen molar-refractivity contribution in [2.24, 2.45) is 0 Å². The summed E-state index contributed by atoms with van der Waals surface area (Å²) in [6.07, 6.45) is 1.12. The lowest BCUT2D eigenvalue weighted by molar-refractivity contribution is 0.329. The zero-order valence-corrected chi connectivity index (χ0v) is 13.4. The molecule has 110 valence electrons. The van der Waals surface area contributed by atoms with Gasteiger partial charge in [-0.05, 0) is 44.4 Å². The molecule has 20 heavy (non-hydrogen) atoms. The molecule has 0 atom stereocenters. The van der Waals surface area contributed by atoms with Crippen molar-refractivity contribution in [1.82, 2.24) is 10.2 Å². The zero-order chi connectivity index (χ0) is 14.4. The van der Waals surface area contributed by atoms with Gasteiger partial charge in [0.05, 0.1) is 6.54 Å². The number of furan rings is 1. The van der Waals surface area contributed by atoms with E-state index in [0.717, 1.165) is 44.1 Å². The first-order valence-corrected chi connectivity index (χ1v) is 8.06. The molecule has 0 saturated heterocycles. The number of hydrogen-bond donors (Lipinski definition) is 1. The average Bonchev–Trinajstić information content (AvgIpc) is 3.05. The molecule has 0 saturated carbocycles. The van der Waals surface area contributed by atoms with E-state index in [2.05, 4.69) is 54.7 Å². The number of hydrogen-bond acceptors (Lipinski definition) is 4. The smallest absolute Gasteiger partial charge is 0.118 e. The summed E-state index contributed by atoms with van der Waals surface area (Å²) in [6, 6.07) is 6.50. The van der Waals surface area contributed by atoms with Crippen molar-refractivity contribution in [3.05, 3.63) is 45.5 Å². The van der Waals surface area contributed by atoms with Crippen molar-refractivity contribution in [1.29, 1.82) is 0 Å². The van der Waals surface area contributed by atoms with Gasteiger partial charge in [0.1, 0.15) is 11.5 Å². The van der Waals surface area contributed by atoms with Gasteiger partial charge in [0, 0.05) is 23.5 Å². The minimum Gasteiger partial charge on any atom is -0.465 e. The third-order valence-corrected chi connectivity index (χ3v) is 4.32. The van der Waals surface area contributed by atoms with Crippen molar-refractivity contribution in [3.8, 4) is 0 Å². The Labute approximate surface area is 125 Å². The Morgan fingerprint density at radius 3 is 2.95 bits per heavy atom. The molecule has 0 aliphatic rings. The molecular weight excluding hydrogens is 268 g/mol. The number of rotatable bonds is 8. The second-order valence-electron chi connectivity index (χ2n) is 5.14. The molecule has 4 heteroatoms. The molecule has 2 aromatic heterocycles. The van der Waals surface area contributed by atoms with Gasteiger partial charge in [0.25, 0.3) is 0 Å². The molecule has 3 nitrogen and oxygen atoms in total. The lowest BCUT2D eigenvalue weighted by atomic mass is 10.2. The van der Waals surface area contributed by atoms with E-state index in [4.69, 9.17) is 4.42 Å². The number of nitrogens with zero attached hydrogens (tertiary/aromatic N) is 1.